The minimum atomic E-state index is -3.84. The van der Waals surface area contributed by atoms with Gasteiger partial charge in [-0.25, -0.2) is 26.1 Å². The smallest absolute Gasteiger partial charge is 0.241 e. The van der Waals surface area contributed by atoms with Crippen molar-refractivity contribution in [2.45, 2.75) is 32.6 Å². The Bertz CT molecular complexity index is 1250. The van der Waals surface area contributed by atoms with Crippen LogP contribution in [0.4, 0.5) is 5.69 Å². The van der Waals surface area contributed by atoms with E-state index in [1.165, 1.54) is 0 Å². The minimum Gasteiger partial charge on any atom is -0.283 e. The number of aromatic nitrogens is 2. The largest absolute Gasteiger partial charge is 0.283 e. The number of pyridine rings is 1. The van der Waals surface area contributed by atoms with Crippen molar-refractivity contribution in [1.29, 1.82) is 0 Å². The zero-order chi connectivity index (χ0) is 21.4. The van der Waals surface area contributed by atoms with Crippen LogP contribution in [0.5, 0.6) is 0 Å². The lowest BCUT2D eigenvalue weighted by molar-refractivity contribution is 0.580. The molecule has 0 aliphatic carbocycles. The molecule has 0 aliphatic heterocycles. The van der Waals surface area contributed by atoms with E-state index in [0.29, 0.717) is 16.8 Å². The van der Waals surface area contributed by atoms with Gasteiger partial charge < -0.3 is 0 Å². The summed E-state index contributed by atoms with van der Waals surface area (Å²) in [6.45, 7) is 6.97. The average molecular weight is 437 g/mol. The van der Waals surface area contributed by atoms with Crippen LogP contribution < -0.4 is 9.44 Å². The molecule has 3 aromatic rings. The lowest BCUT2D eigenvalue weighted by Crippen LogP contribution is -2.32. The van der Waals surface area contributed by atoms with Gasteiger partial charge in [-0.1, -0.05) is 6.07 Å². The molecular weight excluding hydrogens is 412 g/mol. The van der Waals surface area contributed by atoms with Crippen LogP contribution in [0.15, 0.2) is 41.6 Å². The molecule has 0 spiro atoms. The van der Waals surface area contributed by atoms with E-state index in [2.05, 4.69) is 14.5 Å². The molecule has 10 heteroatoms. The summed E-state index contributed by atoms with van der Waals surface area (Å²) in [5.74, 6) is -0.389. The van der Waals surface area contributed by atoms with Crippen LogP contribution >= 0.6 is 0 Å². The zero-order valence-electron chi connectivity index (χ0n) is 16.7. The summed E-state index contributed by atoms with van der Waals surface area (Å²) in [4.78, 5) is 0.214. The van der Waals surface area contributed by atoms with Crippen molar-refractivity contribution in [2.75, 3.05) is 17.0 Å². The molecule has 0 unspecified atom stereocenters. The SMILES string of the molecule is Cc1cc(C)c(C)c(S(=O)(=O)NCCS(=O)(=O)Nc2ccn3nccc3c2)c1C. The van der Waals surface area contributed by atoms with Gasteiger partial charge in [0.25, 0.3) is 0 Å². The predicted octanol–water partition coefficient (Wildman–Crippen LogP) is 2.29. The standard InChI is InChI=1S/C19H24N4O4S2/c1-13-11-14(2)16(4)19(15(13)3)29(26,27)21-8-10-28(24,25)22-17-6-9-23-18(12-17)5-7-20-23/h5-7,9,11-12,21-22H,8,10H2,1-4H3. The van der Waals surface area contributed by atoms with Gasteiger partial charge in [-0.15, -0.1) is 0 Å². The van der Waals surface area contributed by atoms with E-state index < -0.39 is 20.0 Å². The number of nitrogens with one attached hydrogen (secondary N) is 2. The number of benzene rings is 1. The van der Waals surface area contributed by atoms with Gasteiger partial charge >= 0.3 is 0 Å². The molecule has 2 aromatic heterocycles. The summed E-state index contributed by atoms with van der Waals surface area (Å²) in [5, 5.41) is 4.05. The Morgan fingerprint density at radius 3 is 2.28 bits per heavy atom. The van der Waals surface area contributed by atoms with Gasteiger partial charge in [0.1, 0.15) is 0 Å². The first-order valence-electron chi connectivity index (χ1n) is 9.01. The Balaban J connectivity index is 1.71. The monoisotopic (exact) mass is 436 g/mol. The van der Waals surface area contributed by atoms with E-state index in [1.54, 1.807) is 49.0 Å². The van der Waals surface area contributed by atoms with Crippen molar-refractivity contribution in [3.8, 4) is 0 Å². The van der Waals surface area contributed by atoms with Crippen molar-refractivity contribution >= 4 is 31.3 Å². The van der Waals surface area contributed by atoms with Crippen LogP contribution in [0.25, 0.3) is 5.52 Å². The Kier molecular flexibility index (Phi) is 5.70. The molecule has 0 amide bonds. The third-order valence-electron chi connectivity index (χ3n) is 4.90. The lowest BCUT2D eigenvalue weighted by atomic mass is 10.0. The van der Waals surface area contributed by atoms with Gasteiger partial charge in [0.2, 0.25) is 20.0 Å². The van der Waals surface area contributed by atoms with E-state index in [4.69, 9.17) is 0 Å². The Morgan fingerprint density at radius 2 is 1.62 bits per heavy atom. The molecule has 3 rings (SSSR count). The van der Waals surface area contributed by atoms with Gasteiger partial charge in [0.15, 0.2) is 0 Å². The van der Waals surface area contributed by atoms with E-state index in [1.807, 2.05) is 19.9 Å². The van der Waals surface area contributed by atoms with Gasteiger partial charge in [0, 0.05) is 18.9 Å². The second kappa shape index (κ2) is 7.77. The molecule has 0 aliphatic rings. The van der Waals surface area contributed by atoms with E-state index in [-0.39, 0.29) is 17.2 Å². The van der Waals surface area contributed by atoms with Crippen LogP contribution in [0.3, 0.4) is 0 Å². The van der Waals surface area contributed by atoms with Gasteiger partial charge in [-0.2, -0.15) is 5.10 Å². The average Bonchev–Trinajstić information content (AvgIpc) is 3.07. The predicted molar refractivity (Wildman–Crippen MR) is 113 cm³/mol. The maximum Gasteiger partial charge on any atom is 0.241 e. The van der Waals surface area contributed by atoms with Crippen molar-refractivity contribution in [2.24, 2.45) is 0 Å². The number of hydrogen-bond acceptors (Lipinski definition) is 5. The fourth-order valence-corrected chi connectivity index (χ4v) is 5.91. The molecule has 0 saturated carbocycles. The highest BCUT2D eigenvalue weighted by Crippen LogP contribution is 2.25. The Morgan fingerprint density at radius 1 is 0.966 bits per heavy atom. The molecule has 0 saturated heterocycles. The highest BCUT2D eigenvalue weighted by molar-refractivity contribution is 7.92. The third kappa shape index (κ3) is 4.60. The first kappa shape index (κ1) is 21.3. The van der Waals surface area contributed by atoms with Crippen LogP contribution in [0, 0.1) is 27.7 Å². The molecule has 1 aromatic carbocycles. The summed E-state index contributed by atoms with van der Waals surface area (Å²) in [7, 11) is -7.57. The third-order valence-corrected chi connectivity index (χ3v) is 7.92. The normalized spacial score (nSPS) is 12.4. The summed E-state index contributed by atoms with van der Waals surface area (Å²) >= 11 is 0. The molecule has 156 valence electrons. The van der Waals surface area contributed by atoms with Crippen molar-refractivity contribution in [3.63, 3.8) is 0 Å². The molecule has 29 heavy (non-hydrogen) atoms. The molecule has 0 bridgehead atoms. The summed E-state index contributed by atoms with van der Waals surface area (Å²) in [6, 6.07) is 6.93. The van der Waals surface area contributed by atoms with Crippen molar-refractivity contribution in [3.05, 3.63) is 58.9 Å². The first-order valence-corrected chi connectivity index (χ1v) is 12.1. The lowest BCUT2D eigenvalue weighted by Gasteiger charge is -2.16. The van der Waals surface area contributed by atoms with Gasteiger partial charge in [-0.3, -0.25) is 4.72 Å². The minimum absolute atomic E-state index is 0.214. The maximum absolute atomic E-state index is 12.8. The number of aryl methyl sites for hydroxylation is 2. The molecule has 2 heterocycles. The molecule has 8 nitrogen and oxygen atoms in total. The zero-order valence-corrected chi connectivity index (χ0v) is 18.4. The highest BCUT2D eigenvalue weighted by atomic mass is 32.2. The molecule has 0 radical (unpaired) electrons. The molecule has 0 fully saturated rings. The number of fused-ring (bicyclic) bond motifs is 1. The number of nitrogens with zero attached hydrogens (tertiary/aromatic N) is 2. The van der Waals surface area contributed by atoms with E-state index >= 15 is 0 Å². The van der Waals surface area contributed by atoms with Crippen LogP contribution in [-0.4, -0.2) is 38.7 Å². The van der Waals surface area contributed by atoms with Crippen LogP contribution in [0.2, 0.25) is 0 Å². The van der Waals surface area contributed by atoms with E-state index in [9.17, 15) is 16.8 Å². The van der Waals surface area contributed by atoms with Gasteiger partial charge in [-0.05, 0) is 68.1 Å². The number of hydrogen-bond donors (Lipinski definition) is 2. The van der Waals surface area contributed by atoms with Gasteiger partial charge in [0.05, 0.1) is 21.9 Å². The second-order valence-electron chi connectivity index (χ2n) is 7.02. The molecule has 0 atom stereocenters. The maximum atomic E-state index is 12.8. The fraction of sp³-hybridized carbons (Fsp3) is 0.316. The fourth-order valence-electron chi connectivity index (χ4n) is 3.18. The molecular formula is C19H24N4O4S2. The van der Waals surface area contributed by atoms with E-state index in [0.717, 1.165) is 16.6 Å². The second-order valence-corrected chi connectivity index (χ2v) is 10.6. The highest BCUT2D eigenvalue weighted by Gasteiger charge is 2.22. The Labute approximate surface area is 171 Å². The van der Waals surface area contributed by atoms with Crippen LogP contribution in [0.1, 0.15) is 22.3 Å². The number of anilines is 1. The van der Waals surface area contributed by atoms with Crippen molar-refractivity contribution in [1.82, 2.24) is 14.3 Å². The number of rotatable bonds is 7. The van der Waals surface area contributed by atoms with Crippen molar-refractivity contribution < 1.29 is 16.8 Å². The van der Waals surface area contributed by atoms with Crippen LogP contribution in [-0.2, 0) is 20.0 Å². The Hall–Kier alpha value is -2.43. The number of sulfonamides is 2. The summed E-state index contributed by atoms with van der Waals surface area (Å²) in [6.07, 6.45) is 3.25. The first-order chi connectivity index (χ1) is 13.5. The quantitative estimate of drug-likeness (QED) is 0.591. The summed E-state index contributed by atoms with van der Waals surface area (Å²) in [5.41, 5.74) is 4.20. The topological polar surface area (TPSA) is 110 Å². The summed E-state index contributed by atoms with van der Waals surface area (Å²) < 4.78 is 56.8. The molecule has 2 N–H and O–H groups in total.